The lowest BCUT2D eigenvalue weighted by molar-refractivity contribution is -0.138. The molecular weight excluding hydrogens is 160 g/mol. The minimum absolute atomic E-state index is 0.0654. The molecule has 3 atom stereocenters. The second kappa shape index (κ2) is 3.11. The number of carbonyl (C=O) groups excluding carboxylic acids is 1. The highest BCUT2D eigenvalue weighted by molar-refractivity contribution is 5.85. The lowest BCUT2D eigenvalue weighted by Gasteiger charge is -2.47. The van der Waals surface area contributed by atoms with Crippen molar-refractivity contribution < 1.29 is 4.79 Å². The molecule has 74 valence electrons. The normalized spacial score (nSPS) is 45.8. The zero-order chi connectivity index (χ0) is 9.47. The predicted molar refractivity (Wildman–Crippen MR) is 53.5 cm³/mol. The smallest absolute Gasteiger partial charge is 0.139 e. The van der Waals surface area contributed by atoms with Crippen LogP contribution in [-0.2, 0) is 4.79 Å². The summed E-state index contributed by atoms with van der Waals surface area (Å²) in [5, 5.41) is 0. The monoisotopic (exact) mass is 180 g/mol. The zero-order valence-electron chi connectivity index (χ0n) is 8.81. The van der Waals surface area contributed by atoms with E-state index in [1.54, 1.807) is 0 Å². The number of fused-ring (bicyclic) bond motifs is 1. The Morgan fingerprint density at radius 1 is 1.31 bits per heavy atom. The van der Waals surface area contributed by atoms with Crippen LogP contribution in [0.3, 0.4) is 0 Å². The third-order valence-corrected chi connectivity index (χ3v) is 4.42. The van der Waals surface area contributed by atoms with Crippen molar-refractivity contribution in [3.63, 3.8) is 0 Å². The van der Waals surface area contributed by atoms with Gasteiger partial charge in [-0.1, -0.05) is 26.7 Å². The predicted octanol–water partition coefficient (Wildman–Crippen LogP) is 3.18. The molecule has 2 rings (SSSR count). The first kappa shape index (κ1) is 9.23. The van der Waals surface area contributed by atoms with E-state index in [0.29, 0.717) is 11.7 Å². The molecule has 0 saturated heterocycles. The van der Waals surface area contributed by atoms with Gasteiger partial charge in [-0.15, -0.1) is 0 Å². The van der Waals surface area contributed by atoms with Crippen LogP contribution in [0.5, 0.6) is 0 Å². The van der Waals surface area contributed by atoms with Gasteiger partial charge in [-0.05, 0) is 31.1 Å². The van der Waals surface area contributed by atoms with Crippen LogP contribution in [0.4, 0.5) is 0 Å². The van der Waals surface area contributed by atoms with E-state index in [0.717, 1.165) is 25.2 Å². The van der Waals surface area contributed by atoms with Crippen molar-refractivity contribution in [3.05, 3.63) is 0 Å². The summed E-state index contributed by atoms with van der Waals surface area (Å²) in [6.07, 6.45) is 7.04. The first-order valence-corrected chi connectivity index (χ1v) is 5.68. The van der Waals surface area contributed by atoms with Crippen molar-refractivity contribution in [1.82, 2.24) is 0 Å². The molecule has 0 amide bonds. The fourth-order valence-electron chi connectivity index (χ4n) is 3.52. The minimum atomic E-state index is 0.0654. The second-order valence-electron chi connectivity index (χ2n) is 5.21. The van der Waals surface area contributed by atoms with E-state index < -0.39 is 0 Å². The van der Waals surface area contributed by atoms with E-state index in [-0.39, 0.29) is 5.41 Å². The van der Waals surface area contributed by atoms with Crippen molar-refractivity contribution in [1.29, 1.82) is 0 Å². The highest BCUT2D eigenvalue weighted by Crippen LogP contribution is 2.50. The number of ketones is 1. The Morgan fingerprint density at radius 3 is 2.77 bits per heavy atom. The Hall–Kier alpha value is -0.330. The third kappa shape index (κ3) is 1.33. The maximum Gasteiger partial charge on any atom is 0.139 e. The molecule has 0 bridgehead atoms. The number of hydrogen-bond donors (Lipinski definition) is 0. The van der Waals surface area contributed by atoms with Gasteiger partial charge >= 0.3 is 0 Å². The quantitative estimate of drug-likeness (QED) is 0.559. The van der Waals surface area contributed by atoms with Gasteiger partial charge < -0.3 is 0 Å². The lowest BCUT2D eigenvalue weighted by atomic mass is 9.56. The molecule has 1 nitrogen and oxygen atoms in total. The van der Waals surface area contributed by atoms with Crippen LogP contribution in [0.1, 0.15) is 52.4 Å². The fraction of sp³-hybridized carbons (Fsp3) is 0.917. The Balaban J connectivity index is 2.24. The van der Waals surface area contributed by atoms with Gasteiger partial charge in [0.25, 0.3) is 0 Å². The third-order valence-electron chi connectivity index (χ3n) is 4.42. The molecule has 0 aliphatic heterocycles. The van der Waals surface area contributed by atoms with Crippen LogP contribution in [0.25, 0.3) is 0 Å². The standard InChI is InChI=1S/C12H20O/c1-9-5-4-8-12(2)10(9)6-3-7-11(12)13/h9-10H,3-8H2,1-2H3/t9?,10-,12?/m0/s1. The molecule has 0 aromatic carbocycles. The molecule has 2 saturated carbocycles. The molecule has 0 aromatic heterocycles. The van der Waals surface area contributed by atoms with Crippen molar-refractivity contribution in [3.8, 4) is 0 Å². The van der Waals surface area contributed by atoms with Crippen molar-refractivity contribution in [2.45, 2.75) is 52.4 Å². The molecule has 0 aromatic rings. The Bertz CT molecular complexity index is 221. The average molecular weight is 180 g/mol. The van der Waals surface area contributed by atoms with Crippen LogP contribution in [0.2, 0.25) is 0 Å². The zero-order valence-corrected chi connectivity index (χ0v) is 8.81. The van der Waals surface area contributed by atoms with E-state index >= 15 is 0 Å². The van der Waals surface area contributed by atoms with Crippen molar-refractivity contribution in [2.24, 2.45) is 17.3 Å². The maximum atomic E-state index is 11.9. The molecule has 0 spiro atoms. The first-order valence-electron chi connectivity index (χ1n) is 5.68. The minimum Gasteiger partial charge on any atom is -0.299 e. The molecule has 0 N–H and O–H groups in total. The fourth-order valence-corrected chi connectivity index (χ4v) is 3.52. The van der Waals surface area contributed by atoms with E-state index in [1.807, 2.05) is 0 Å². The van der Waals surface area contributed by atoms with Gasteiger partial charge in [-0.3, -0.25) is 4.79 Å². The SMILES string of the molecule is CC1CCCC2(C)C(=O)CCC[C@@H]12. The van der Waals surface area contributed by atoms with Gasteiger partial charge in [0, 0.05) is 11.8 Å². The Labute approximate surface area is 80.9 Å². The van der Waals surface area contributed by atoms with Crippen LogP contribution in [0, 0.1) is 17.3 Å². The summed E-state index contributed by atoms with van der Waals surface area (Å²) in [5.41, 5.74) is 0.0654. The van der Waals surface area contributed by atoms with Crippen LogP contribution >= 0.6 is 0 Å². The highest BCUT2D eigenvalue weighted by Gasteiger charge is 2.46. The summed E-state index contributed by atoms with van der Waals surface area (Å²) in [7, 11) is 0. The van der Waals surface area contributed by atoms with Crippen molar-refractivity contribution >= 4 is 5.78 Å². The molecule has 2 unspecified atom stereocenters. The summed E-state index contributed by atoms with van der Waals surface area (Å²) in [5.74, 6) is 2.03. The molecule has 13 heavy (non-hydrogen) atoms. The molecule has 2 aliphatic rings. The van der Waals surface area contributed by atoms with Crippen LogP contribution in [-0.4, -0.2) is 5.78 Å². The summed E-state index contributed by atoms with van der Waals surface area (Å²) < 4.78 is 0. The van der Waals surface area contributed by atoms with Gasteiger partial charge in [-0.25, -0.2) is 0 Å². The Kier molecular flexibility index (Phi) is 2.21. The number of rotatable bonds is 0. The second-order valence-corrected chi connectivity index (χ2v) is 5.21. The summed E-state index contributed by atoms with van der Waals surface area (Å²) in [6.45, 7) is 4.55. The number of carbonyl (C=O) groups is 1. The molecule has 0 heterocycles. The topological polar surface area (TPSA) is 17.1 Å². The van der Waals surface area contributed by atoms with Crippen molar-refractivity contribution in [2.75, 3.05) is 0 Å². The van der Waals surface area contributed by atoms with Gasteiger partial charge in [0.1, 0.15) is 5.78 Å². The summed E-state index contributed by atoms with van der Waals surface area (Å²) >= 11 is 0. The van der Waals surface area contributed by atoms with E-state index in [2.05, 4.69) is 13.8 Å². The molecule has 0 radical (unpaired) electrons. The van der Waals surface area contributed by atoms with E-state index in [1.165, 1.54) is 19.3 Å². The lowest BCUT2D eigenvalue weighted by Crippen LogP contribution is -2.44. The van der Waals surface area contributed by atoms with Gasteiger partial charge in [-0.2, -0.15) is 0 Å². The highest BCUT2D eigenvalue weighted by atomic mass is 16.1. The molecule has 1 heteroatoms. The molecular formula is C12H20O. The van der Waals surface area contributed by atoms with E-state index in [4.69, 9.17) is 0 Å². The number of Topliss-reactive ketones (excluding diaryl/α,β-unsaturated/α-hetero) is 1. The largest absolute Gasteiger partial charge is 0.299 e. The van der Waals surface area contributed by atoms with Gasteiger partial charge in [0.2, 0.25) is 0 Å². The Morgan fingerprint density at radius 2 is 2.08 bits per heavy atom. The number of hydrogen-bond acceptors (Lipinski definition) is 1. The van der Waals surface area contributed by atoms with E-state index in [9.17, 15) is 4.79 Å². The first-order chi connectivity index (χ1) is 6.14. The van der Waals surface area contributed by atoms with Gasteiger partial charge in [0.05, 0.1) is 0 Å². The van der Waals surface area contributed by atoms with Gasteiger partial charge in [0.15, 0.2) is 0 Å². The summed E-state index contributed by atoms with van der Waals surface area (Å²) in [6, 6.07) is 0. The average Bonchev–Trinajstić information content (AvgIpc) is 2.08. The maximum absolute atomic E-state index is 11.9. The van der Waals surface area contributed by atoms with Crippen LogP contribution < -0.4 is 0 Å². The molecule has 2 aliphatic carbocycles. The van der Waals surface area contributed by atoms with Crippen LogP contribution in [0.15, 0.2) is 0 Å². The molecule has 2 fully saturated rings. The summed E-state index contributed by atoms with van der Waals surface area (Å²) in [4.78, 5) is 11.9.